The molecule has 0 saturated carbocycles. The number of aromatic nitrogens is 2. The van der Waals surface area contributed by atoms with E-state index in [1.165, 1.54) is 12.1 Å². The van der Waals surface area contributed by atoms with Crippen LogP contribution in [0.25, 0.3) is 5.65 Å². The number of nitrogens with zero attached hydrogens (tertiary/aromatic N) is 4. The maximum atomic E-state index is 10.9. The molecule has 0 aliphatic heterocycles. The summed E-state index contributed by atoms with van der Waals surface area (Å²) in [4.78, 5) is 15.5. The molecular formula is C18H18N4O2. The normalized spacial score (nSPS) is 11.7. The topological polar surface area (TPSA) is 79.3 Å². The van der Waals surface area contributed by atoms with E-state index < -0.39 is 5.97 Å². The number of aryl methyl sites for hydroxylation is 1. The Morgan fingerprint density at radius 1 is 1.17 bits per heavy atom. The van der Waals surface area contributed by atoms with Crippen molar-refractivity contribution < 1.29 is 9.90 Å². The van der Waals surface area contributed by atoms with E-state index in [9.17, 15) is 4.79 Å². The summed E-state index contributed by atoms with van der Waals surface area (Å²) >= 11 is 0. The average Bonchev–Trinajstić information content (AvgIpc) is 2.91. The van der Waals surface area contributed by atoms with Gasteiger partial charge < -0.3 is 5.11 Å². The van der Waals surface area contributed by atoms with Crippen LogP contribution in [0.15, 0.2) is 52.8 Å². The number of carbonyl (C=O) groups is 1. The van der Waals surface area contributed by atoms with E-state index in [4.69, 9.17) is 5.11 Å². The van der Waals surface area contributed by atoms with Crippen molar-refractivity contribution in [1.29, 1.82) is 0 Å². The van der Waals surface area contributed by atoms with Gasteiger partial charge in [0.05, 0.1) is 16.9 Å². The number of benzene rings is 1. The number of aromatic carboxylic acids is 1. The molecule has 0 radical (unpaired) electrons. The van der Waals surface area contributed by atoms with Crippen LogP contribution in [0, 0.1) is 6.92 Å². The van der Waals surface area contributed by atoms with Gasteiger partial charge in [0.1, 0.15) is 5.65 Å². The minimum absolute atomic E-state index is 0.216. The van der Waals surface area contributed by atoms with Gasteiger partial charge in [0.25, 0.3) is 0 Å². The zero-order valence-corrected chi connectivity index (χ0v) is 13.8. The number of carboxylic acid groups (broad SMARTS) is 1. The number of fused-ring (bicyclic) bond motifs is 1. The molecule has 2 aromatic heterocycles. The quantitative estimate of drug-likeness (QED) is 0.695. The Kier molecular flexibility index (Phi) is 4.12. The van der Waals surface area contributed by atoms with Gasteiger partial charge in [-0.25, -0.2) is 9.78 Å². The van der Waals surface area contributed by atoms with Crippen molar-refractivity contribution in [2.75, 3.05) is 0 Å². The monoisotopic (exact) mass is 322 g/mol. The summed E-state index contributed by atoms with van der Waals surface area (Å²) in [5.41, 5.74) is 3.68. The van der Waals surface area contributed by atoms with E-state index in [2.05, 4.69) is 29.1 Å². The van der Waals surface area contributed by atoms with Crippen molar-refractivity contribution in [2.24, 2.45) is 10.2 Å². The summed E-state index contributed by atoms with van der Waals surface area (Å²) in [7, 11) is 0. The van der Waals surface area contributed by atoms with Crippen LogP contribution in [0.5, 0.6) is 0 Å². The predicted molar refractivity (Wildman–Crippen MR) is 91.6 cm³/mol. The average molecular weight is 322 g/mol. The maximum absolute atomic E-state index is 10.9. The van der Waals surface area contributed by atoms with Crippen LogP contribution in [0.4, 0.5) is 11.5 Å². The fraction of sp³-hybridized carbons (Fsp3) is 0.222. The van der Waals surface area contributed by atoms with Crippen molar-refractivity contribution in [2.45, 2.75) is 26.7 Å². The number of pyridine rings is 1. The first-order chi connectivity index (χ1) is 11.5. The predicted octanol–water partition coefficient (Wildman–Crippen LogP) is 4.88. The van der Waals surface area contributed by atoms with Crippen LogP contribution in [0.1, 0.15) is 41.4 Å². The van der Waals surface area contributed by atoms with E-state index in [-0.39, 0.29) is 11.5 Å². The van der Waals surface area contributed by atoms with Gasteiger partial charge in [-0.05, 0) is 54.8 Å². The van der Waals surface area contributed by atoms with Crippen LogP contribution < -0.4 is 0 Å². The van der Waals surface area contributed by atoms with Gasteiger partial charge in [0, 0.05) is 6.20 Å². The number of rotatable bonds is 4. The second kappa shape index (κ2) is 6.23. The Balaban J connectivity index is 2.02. The molecule has 0 atom stereocenters. The highest BCUT2D eigenvalue weighted by Gasteiger charge is 2.15. The first-order valence-electron chi connectivity index (χ1n) is 7.69. The summed E-state index contributed by atoms with van der Waals surface area (Å²) < 4.78 is 1.91. The molecule has 0 aliphatic carbocycles. The van der Waals surface area contributed by atoms with E-state index >= 15 is 0 Å². The van der Waals surface area contributed by atoms with E-state index in [0.29, 0.717) is 11.5 Å². The highest BCUT2D eigenvalue weighted by molar-refractivity contribution is 5.87. The zero-order valence-electron chi connectivity index (χ0n) is 13.8. The molecule has 0 amide bonds. The molecule has 1 aromatic carbocycles. The van der Waals surface area contributed by atoms with Gasteiger partial charge in [0.2, 0.25) is 0 Å². The van der Waals surface area contributed by atoms with Gasteiger partial charge in [-0.2, -0.15) is 0 Å². The van der Waals surface area contributed by atoms with Gasteiger partial charge in [-0.15, -0.1) is 10.2 Å². The van der Waals surface area contributed by atoms with Crippen LogP contribution in [0.2, 0.25) is 0 Å². The van der Waals surface area contributed by atoms with E-state index in [1.54, 1.807) is 12.1 Å². The largest absolute Gasteiger partial charge is 0.478 e. The van der Waals surface area contributed by atoms with Gasteiger partial charge >= 0.3 is 5.97 Å². The molecule has 2 heterocycles. The number of carboxylic acids is 1. The standard InChI is InChI=1S/C18H18N4O2/c1-11(2)16-17(22-9-8-12(3)10-15(22)19-16)21-20-14-6-4-13(5-7-14)18(23)24/h4-11H,1-3H3,(H,23,24). The number of azo groups is 1. The number of imidazole rings is 1. The third kappa shape index (κ3) is 3.03. The molecule has 6 heteroatoms. The highest BCUT2D eigenvalue weighted by atomic mass is 16.4. The smallest absolute Gasteiger partial charge is 0.335 e. The molecule has 1 N–H and O–H groups in total. The molecule has 0 unspecified atom stereocenters. The van der Waals surface area contributed by atoms with E-state index in [0.717, 1.165) is 16.9 Å². The Hall–Kier alpha value is -3.02. The Morgan fingerprint density at radius 2 is 1.88 bits per heavy atom. The van der Waals surface area contributed by atoms with Crippen LogP contribution in [-0.4, -0.2) is 20.5 Å². The third-order valence-corrected chi connectivity index (χ3v) is 3.70. The van der Waals surface area contributed by atoms with E-state index in [1.807, 2.05) is 29.7 Å². The fourth-order valence-electron chi connectivity index (χ4n) is 2.41. The summed E-state index contributed by atoms with van der Waals surface area (Å²) in [6.45, 7) is 6.15. The van der Waals surface area contributed by atoms with Gasteiger partial charge in [-0.1, -0.05) is 13.8 Å². The SMILES string of the molecule is Cc1ccn2c(N=Nc3ccc(C(=O)O)cc3)c(C(C)C)nc2c1. The van der Waals surface area contributed by atoms with Crippen molar-refractivity contribution in [3.8, 4) is 0 Å². The van der Waals surface area contributed by atoms with Crippen molar-refractivity contribution in [1.82, 2.24) is 9.38 Å². The molecule has 24 heavy (non-hydrogen) atoms. The molecule has 0 bridgehead atoms. The zero-order chi connectivity index (χ0) is 17.3. The molecule has 122 valence electrons. The minimum Gasteiger partial charge on any atom is -0.478 e. The highest BCUT2D eigenvalue weighted by Crippen LogP contribution is 2.29. The Bertz CT molecular complexity index is 924. The van der Waals surface area contributed by atoms with Crippen molar-refractivity contribution >= 4 is 23.1 Å². The molecule has 0 saturated heterocycles. The summed E-state index contributed by atoms with van der Waals surface area (Å²) in [6, 6.07) is 10.3. The third-order valence-electron chi connectivity index (χ3n) is 3.70. The van der Waals surface area contributed by atoms with Gasteiger partial charge in [0.15, 0.2) is 5.82 Å². The maximum Gasteiger partial charge on any atom is 0.335 e. The first kappa shape index (κ1) is 15.9. The second-order valence-corrected chi connectivity index (χ2v) is 5.96. The lowest BCUT2D eigenvalue weighted by Gasteiger charge is -2.02. The van der Waals surface area contributed by atoms with Crippen LogP contribution in [0.3, 0.4) is 0 Å². The Morgan fingerprint density at radius 3 is 2.50 bits per heavy atom. The van der Waals surface area contributed by atoms with Crippen LogP contribution in [-0.2, 0) is 0 Å². The number of hydrogen-bond acceptors (Lipinski definition) is 4. The molecule has 0 aliphatic rings. The summed E-state index contributed by atoms with van der Waals surface area (Å²) in [6.07, 6.45) is 1.94. The number of hydrogen-bond donors (Lipinski definition) is 1. The lowest BCUT2D eigenvalue weighted by atomic mass is 10.1. The molecular weight excluding hydrogens is 304 g/mol. The molecule has 3 aromatic rings. The summed E-state index contributed by atoms with van der Waals surface area (Å²) in [5, 5.41) is 17.5. The minimum atomic E-state index is -0.960. The fourth-order valence-corrected chi connectivity index (χ4v) is 2.41. The molecule has 0 fully saturated rings. The lowest BCUT2D eigenvalue weighted by molar-refractivity contribution is 0.0697. The second-order valence-electron chi connectivity index (χ2n) is 5.96. The summed E-state index contributed by atoms with van der Waals surface area (Å²) in [5.74, 6) is -0.0476. The first-order valence-corrected chi connectivity index (χ1v) is 7.69. The molecule has 3 rings (SSSR count). The lowest BCUT2D eigenvalue weighted by Crippen LogP contribution is -1.94. The van der Waals surface area contributed by atoms with Crippen molar-refractivity contribution in [3.05, 3.63) is 59.4 Å². The molecule has 6 nitrogen and oxygen atoms in total. The van der Waals surface area contributed by atoms with Gasteiger partial charge in [-0.3, -0.25) is 4.40 Å². The molecule has 0 spiro atoms. The Labute approximate surface area is 139 Å². The van der Waals surface area contributed by atoms with Crippen molar-refractivity contribution in [3.63, 3.8) is 0 Å². The van der Waals surface area contributed by atoms with Crippen LogP contribution >= 0.6 is 0 Å².